The molecule has 11 heteroatoms. The van der Waals surface area contributed by atoms with E-state index in [1.165, 1.54) is 0 Å². The van der Waals surface area contributed by atoms with Crippen LogP contribution in [0.4, 0.5) is 11.6 Å². The SMILES string of the molecule is Cc1nc(CC2CCCN(C(=O)Cn3c(CN4CCOCC4)nc4ccccc43)C2)cc(Nc2cc(C)[nH]n2)n1. The molecule has 1 amide bonds. The number of aromatic nitrogens is 6. The van der Waals surface area contributed by atoms with Gasteiger partial charge in [0.05, 0.1) is 30.8 Å². The fourth-order valence-corrected chi connectivity index (χ4v) is 5.78. The van der Waals surface area contributed by atoms with Crippen molar-refractivity contribution >= 4 is 28.6 Å². The topological polar surface area (TPSA) is 117 Å². The summed E-state index contributed by atoms with van der Waals surface area (Å²) in [5, 5.41) is 10.5. The fraction of sp³-hybridized carbons (Fsp3) is 0.483. The minimum atomic E-state index is 0.145. The standard InChI is InChI=1S/C29H37N9O2/c1-20-14-27(35-34-20)33-26-16-23(30-21(2)31-26)15-22-6-5-9-37(17-22)29(39)19-38-25-8-4-3-7-24(25)32-28(38)18-36-10-12-40-13-11-36/h3-4,7-8,14,16,22H,5-6,9-13,15,17-19H2,1-2H3,(H2,30,31,33,34,35). The molecular weight excluding hydrogens is 506 g/mol. The van der Waals surface area contributed by atoms with Crippen LogP contribution in [0.2, 0.25) is 0 Å². The second kappa shape index (κ2) is 11.7. The summed E-state index contributed by atoms with van der Waals surface area (Å²) in [5.41, 5.74) is 3.91. The lowest BCUT2D eigenvalue weighted by Crippen LogP contribution is -2.42. The van der Waals surface area contributed by atoms with E-state index in [4.69, 9.17) is 14.7 Å². The van der Waals surface area contributed by atoms with Crippen molar-refractivity contribution in [3.8, 4) is 0 Å². The third kappa shape index (κ3) is 6.15. The summed E-state index contributed by atoms with van der Waals surface area (Å²) in [4.78, 5) is 32.2. The van der Waals surface area contributed by atoms with Gasteiger partial charge in [-0.2, -0.15) is 5.10 Å². The van der Waals surface area contributed by atoms with Crippen LogP contribution in [-0.2, 0) is 29.0 Å². The fourth-order valence-electron chi connectivity index (χ4n) is 5.78. The molecule has 6 rings (SSSR count). The number of likely N-dealkylation sites (tertiary alicyclic amines) is 1. The second-order valence-electron chi connectivity index (χ2n) is 10.9. The molecule has 210 valence electrons. The van der Waals surface area contributed by atoms with Crippen LogP contribution in [0.15, 0.2) is 36.4 Å². The van der Waals surface area contributed by atoms with E-state index in [2.05, 4.69) is 36.0 Å². The van der Waals surface area contributed by atoms with E-state index >= 15 is 0 Å². The number of hydrogen-bond acceptors (Lipinski definition) is 8. The van der Waals surface area contributed by atoms with Crippen molar-refractivity contribution in [2.75, 3.05) is 44.7 Å². The van der Waals surface area contributed by atoms with Crippen molar-refractivity contribution < 1.29 is 9.53 Å². The largest absolute Gasteiger partial charge is 0.379 e. The molecule has 11 nitrogen and oxygen atoms in total. The summed E-state index contributed by atoms with van der Waals surface area (Å²) in [7, 11) is 0. The molecule has 5 heterocycles. The Balaban J connectivity index is 1.13. The van der Waals surface area contributed by atoms with Gasteiger partial charge in [0.25, 0.3) is 0 Å². The van der Waals surface area contributed by atoms with Crippen LogP contribution in [0.1, 0.15) is 35.9 Å². The summed E-state index contributed by atoms with van der Waals surface area (Å²) in [6, 6.07) is 12.0. The number of ether oxygens (including phenoxy) is 1. The number of morpholine rings is 1. The number of carbonyl (C=O) groups excluding carboxylic acids is 1. The third-order valence-electron chi connectivity index (χ3n) is 7.72. The molecule has 0 radical (unpaired) electrons. The molecule has 2 aliphatic heterocycles. The Morgan fingerprint density at radius 2 is 1.93 bits per heavy atom. The molecule has 0 aliphatic carbocycles. The molecule has 1 atom stereocenters. The van der Waals surface area contributed by atoms with E-state index in [0.29, 0.717) is 12.5 Å². The van der Waals surface area contributed by atoms with Gasteiger partial charge in [-0.3, -0.25) is 14.8 Å². The lowest BCUT2D eigenvalue weighted by molar-refractivity contribution is -0.133. The Morgan fingerprint density at radius 3 is 2.75 bits per heavy atom. The predicted molar refractivity (Wildman–Crippen MR) is 152 cm³/mol. The zero-order chi connectivity index (χ0) is 27.5. The average molecular weight is 544 g/mol. The molecule has 4 aromatic rings. The Kier molecular flexibility index (Phi) is 7.74. The molecule has 1 aromatic carbocycles. The molecule has 2 N–H and O–H groups in total. The number of amides is 1. The summed E-state index contributed by atoms with van der Waals surface area (Å²) < 4.78 is 7.63. The lowest BCUT2D eigenvalue weighted by Gasteiger charge is -2.33. The summed E-state index contributed by atoms with van der Waals surface area (Å²) in [5.74, 6) is 3.61. The summed E-state index contributed by atoms with van der Waals surface area (Å²) in [6.07, 6.45) is 2.87. The second-order valence-corrected chi connectivity index (χ2v) is 10.9. The van der Waals surface area contributed by atoms with Crippen LogP contribution in [0.25, 0.3) is 11.0 Å². The molecule has 0 saturated carbocycles. The van der Waals surface area contributed by atoms with Crippen LogP contribution in [0.5, 0.6) is 0 Å². The van der Waals surface area contributed by atoms with Crippen LogP contribution >= 0.6 is 0 Å². The zero-order valence-corrected chi connectivity index (χ0v) is 23.3. The number of nitrogens with zero attached hydrogens (tertiary/aromatic N) is 7. The number of aryl methyl sites for hydroxylation is 2. The van der Waals surface area contributed by atoms with Gasteiger partial charge in [-0.05, 0) is 51.2 Å². The number of imidazole rings is 1. The highest BCUT2D eigenvalue weighted by molar-refractivity contribution is 5.81. The van der Waals surface area contributed by atoms with Crippen LogP contribution in [0, 0.1) is 19.8 Å². The number of nitrogens with one attached hydrogen (secondary N) is 2. The minimum absolute atomic E-state index is 0.145. The molecule has 0 bridgehead atoms. The number of H-pyrrole nitrogens is 1. The number of rotatable bonds is 8. The Bertz CT molecular complexity index is 1470. The Labute approximate surface area is 234 Å². The van der Waals surface area contributed by atoms with Crippen molar-refractivity contribution in [2.45, 2.75) is 46.2 Å². The van der Waals surface area contributed by atoms with Crippen LogP contribution in [0.3, 0.4) is 0 Å². The van der Waals surface area contributed by atoms with E-state index in [9.17, 15) is 4.79 Å². The number of carbonyl (C=O) groups is 1. The number of fused-ring (bicyclic) bond motifs is 1. The highest BCUT2D eigenvalue weighted by atomic mass is 16.5. The van der Waals surface area contributed by atoms with E-state index in [1.807, 2.05) is 49.1 Å². The Hall–Kier alpha value is -3.83. The first-order valence-electron chi connectivity index (χ1n) is 14.2. The maximum Gasteiger partial charge on any atom is 0.242 e. The summed E-state index contributed by atoms with van der Waals surface area (Å²) in [6.45, 7) is 9.64. The number of piperidine rings is 1. The van der Waals surface area contributed by atoms with Crippen molar-refractivity contribution in [2.24, 2.45) is 5.92 Å². The number of benzene rings is 1. The molecule has 1 unspecified atom stereocenters. The van der Waals surface area contributed by atoms with Crippen molar-refractivity contribution in [3.63, 3.8) is 0 Å². The van der Waals surface area contributed by atoms with Crippen molar-refractivity contribution in [3.05, 3.63) is 59.4 Å². The molecule has 2 aliphatic rings. The smallest absolute Gasteiger partial charge is 0.242 e. The highest BCUT2D eigenvalue weighted by Gasteiger charge is 2.26. The van der Waals surface area contributed by atoms with E-state index < -0.39 is 0 Å². The van der Waals surface area contributed by atoms with Gasteiger partial charge in [0, 0.05) is 49.7 Å². The van der Waals surface area contributed by atoms with Crippen LogP contribution < -0.4 is 5.32 Å². The minimum Gasteiger partial charge on any atom is -0.379 e. The molecule has 3 aromatic heterocycles. The van der Waals surface area contributed by atoms with E-state index in [1.54, 1.807) is 0 Å². The summed E-state index contributed by atoms with van der Waals surface area (Å²) >= 11 is 0. The predicted octanol–water partition coefficient (Wildman–Crippen LogP) is 3.22. The van der Waals surface area contributed by atoms with Crippen LogP contribution in [-0.4, -0.2) is 84.8 Å². The van der Waals surface area contributed by atoms with Gasteiger partial charge >= 0.3 is 0 Å². The number of para-hydroxylation sites is 2. The molecule has 40 heavy (non-hydrogen) atoms. The quantitative estimate of drug-likeness (QED) is 0.348. The van der Waals surface area contributed by atoms with Crippen molar-refractivity contribution in [1.82, 2.24) is 39.5 Å². The number of anilines is 2. The van der Waals surface area contributed by atoms with Crippen molar-refractivity contribution in [1.29, 1.82) is 0 Å². The van der Waals surface area contributed by atoms with E-state index in [-0.39, 0.29) is 5.91 Å². The molecular formula is C29H37N9O2. The Morgan fingerprint density at radius 1 is 1.07 bits per heavy atom. The number of aromatic amines is 1. The first kappa shape index (κ1) is 26.4. The third-order valence-corrected chi connectivity index (χ3v) is 7.72. The van der Waals surface area contributed by atoms with E-state index in [0.717, 1.165) is 111 Å². The lowest BCUT2D eigenvalue weighted by atomic mass is 9.93. The maximum atomic E-state index is 13.7. The molecule has 2 saturated heterocycles. The average Bonchev–Trinajstić information content (AvgIpc) is 3.51. The number of hydrogen-bond donors (Lipinski definition) is 2. The normalized spacial score (nSPS) is 18.4. The maximum absolute atomic E-state index is 13.7. The molecule has 0 spiro atoms. The first-order chi connectivity index (χ1) is 19.5. The van der Waals surface area contributed by atoms with Gasteiger partial charge in [0.1, 0.15) is 24.0 Å². The van der Waals surface area contributed by atoms with Gasteiger partial charge < -0.3 is 19.5 Å². The highest BCUT2D eigenvalue weighted by Crippen LogP contribution is 2.24. The van der Waals surface area contributed by atoms with Gasteiger partial charge in [-0.15, -0.1) is 0 Å². The van der Waals surface area contributed by atoms with Gasteiger partial charge in [-0.25, -0.2) is 15.0 Å². The van der Waals surface area contributed by atoms with Gasteiger partial charge in [0.15, 0.2) is 5.82 Å². The van der Waals surface area contributed by atoms with Gasteiger partial charge in [-0.1, -0.05) is 12.1 Å². The molecule has 2 fully saturated rings. The zero-order valence-electron chi connectivity index (χ0n) is 23.3. The first-order valence-corrected chi connectivity index (χ1v) is 14.2. The van der Waals surface area contributed by atoms with Gasteiger partial charge in [0.2, 0.25) is 5.91 Å². The monoisotopic (exact) mass is 543 g/mol.